The number of primary amides is 1. The van der Waals surface area contributed by atoms with E-state index in [1.54, 1.807) is 19.1 Å². The normalized spacial score (nSPS) is 10.7. The molecule has 0 unspecified atom stereocenters. The van der Waals surface area contributed by atoms with Crippen LogP contribution in [0.1, 0.15) is 52.1 Å². The van der Waals surface area contributed by atoms with Crippen molar-refractivity contribution in [1.82, 2.24) is 15.2 Å². The van der Waals surface area contributed by atoms with Crippen LogP contribution < -0.4 is 15.8 Å². The first-order valence-corrected chi connectivity index (χ1v) is 7.06. The number of hydrogen-bond donors (Lipinski definition) is 3. The van der Waals surface area contributed by atoms with E-state index in [2.05, 4.69) is 20.5 Å². The minimum absolute atomic E-state index is 0.0123. The van der Waals surface area contributed by atoms with Crippen molar-refractivity contribution in [1.29, 1.82) is 0 Å². The number of hydrogen-bond acceptors (Lipinski definition) is 5. The number of carbonyl (C=O) groups is 2. The van der Waals surface area contributed by atoms with Gasteiger partial charge in [0.15, 0.2) is 11.4 Å². The Labute approximate surface area is 133 Å². The van der Waals surface area contributed by atoms with Crippen LogP contribution in [-0.4, -0.2) is 34.1 Å². The molecule has 0 bridgehead atoms. The second kappa shape index (κ2) is 6.47. The van der Waals surface area contributed by atoms with Crippen molar-refractivity contribution < 1.29 is 14.3 Å². The lowest BCUT2D eigenvalue weighted by molar-refractivity contribution is 0.0996. The first-order valence-electron chi connectivity index (χ1n) is 7.06. The molecule has 0 aliphatic rings. The summed E-state index contributed by atoms with van der Waals surface area (Å²) >= 11 is 0. The maximum absolute atomic E-state index is 12.5. The van der Waals surface area contributed by atoms with E-state index in [4.69, 9.17) is 10.5 Å². The van der Waals surface area contributed by atoms with Gasteiger partial charge in [0.1, 0.15) is 5.75 Å². The van der Waals surface area contributed by atoms with E-state index < -0.39 is 11.8 Å². The molecule has 0 fully saturated rings. The van der Waals surface area contributed by atoms with E-state index in [0.29, 0.717) is 17.1 Å². The van der Waals surface area contributed by atoms with Gasteiger partial charge < -0.3 is 15.8 Å². The van der Waals surface area contributed by atoms with Gasteiger partial charge in [-0.15, -0.1) is 0 Å². The van der Waals surface area contributed by atoms with Gasteiger partial charge in [0.25, 0.3) is 11.8 Å². The highest BCUT2D eigenvalue weighted by atomic mass is 16.5. The summed E-state index contributed by atoms with van der Waals surface area (Å²) in [7, 11) is 1.45. The smallest absolute Gasteiger partial charge is 0.278 e. The van der Waals surface area contributed by atoms with Gasteiger partial charge in [0.2, 0.25) is 0 Å². The van der Waals surface area contributed by atoms with Gasteiger partial charge in [-0.1, -0.05) is 13.8 Å². The summed E-state index contributed by atoms with van der Waals surface area (Å²) in [4.78, 5) is 28.2. The van der Waals surface area contributed by atoms with E-state index in [1.807, 2.05) is 13.8 Å². The molecule has 2 heterocycles. The molecular weight excluding hydrogens is 298 g/mol. The molecule has 0 radical (unpaired) electrons. The molecule has 0 aliphatic heterocycles. The molecule has 4 N–H and O–H groups in total. The number of pyridine rings is 1. The Hall–Kier alpha value is -2.90. The Morgan fingerprint density at radius 2 is 2.00 bits per heavy atom. The summed E-state index contributed by atoms with van der Waals surface area (Å²) in [6.07, 6.45) is 0. The summed E-state index contributed by atoms with van der Waals surface area (Å²) in [6.45, 7) is 5.57. The van der Waals surface area contributed by atoms with Crippen LogP contribution in [0.15, 0.2) is 12.1 Å². The Morgan fingerprint density at radius 3 is 2.57 bits per heavy atom. The number of aromatic nitrogens is 3. The van der Waals surface area contributed by atoms with Crippen LogP contribution in [0.25, 0.3) is 0 Å². The molecule has 8 heteroatoms. The molecule has 2 aromatic rings. The monoisotopic (exact) mass is 317 g/mol. The molecule has 0 spiro atoms. The molecule has 8 nitrogen and oxygen atoms in total. The number of rotatable bonds is 5. The van der Waals surface area contributed by atoms with Crippen LogP contribution in [-0.2, 0) is 0 Å². The average molecular weight is 317 g/mol. The summed E-state index contributed by atoms with van der Waals surface area (Å²) in [5.41, 5.74) is 6.96. The van der Waals surface area contributed by atoms with Crippen molar-refractivity contribution in [3.05, 3.63) is 34.9 Å². The predicted octanol–water partition coefficient (Wildman–Crippen LogP) is 1.60. The van der Waals surface area contributed by atoms with Crippen LogP contribution >= 0.6 is 0 Å². The molecule has 2 amide bonds. The lowest BCUT2D eigenvalue weighted by Gasteiger charge is -2.11. The quantitative estimate of drug-likeness (QED) is 0.773. The summed E-state index contributed by atoms with van der Waals surface area (Å²) in [5.74, 6) is -0.884. The molecule has 0 aromatic carbocycles. The van der Waals surface area contributed by atoms with Gasteiger partial charge in [-0.2, -0.15) is 5.10 Å². The third kappa shape index (κ3) is 3.31. The van der Waals surface area contributed by atoms with Crippen LogP contribution in [0, 0.1) is 6.92 Å². The number of nitrogens with one attached hydrogen (secondary N) is 2. The zero-order valence-corrected chi connectivity index (χ0v) is 13.4. The molecule has 122 valence electrons. The number of nitrogens with two attached hydrogens (primary N) is 1. The van der Waals surface area contributed by atoms with Gasteiger partial charge in [-0.25, -0.2) is 4.98 Å². The number of methoxy groups -OCH3 is 1. The Balaban J connectivity index is 2.43. The molecule has 2 rings (SSSR count). The van der Waals surface area contributed by atoms with Crippen molar-refractivity contribution in [2.75, 3.05) is 12.4 Å². The topological polar surface area (TPSA) is 123 Å². The first kappa shape index (κ1) is 16.5. The summed E-state index contributed by atoms with van der Waals surface area (Å²) in [5, 5.41) is 9.28. The highest BCUT2D eigenvalue weighted by Gasteiger charge is 2.23. The van der Waals surface area contributed by atoms with E-state index in [1.165, 1.54) is 7.11 Å². The standard InChI is InChI=1S/C15H19N5O3/c1-7(2)10-12(13(14(16)21)20-19-10)18-15(22)11-9(23-4)6-5-8(3)17-11/h5-7H,1-4H3,(H2,16,21)(H,18,22)(H,19,20). The largest absolute Gasteiger partial charge is 0.494 e. The number of amides is 2. The number of carbonyl (C=O) groups excluding carboxylic acids is 2. The molecule has 23 heavy (non-hydrogen) atoms. The van der Waals surface area contributed by atoms with Crippen molar-refractivity contribution in [3.63, 3.8) is 0 Å². The van der Waals surface area contributed by atoms with Gasteiger partial charge in [-0.05, 0) is 25.0 Å². The lowest BCUT2D eigenvalue weighted by Crippen LogP contribution is -2.20. The average Bonchev–Trinajstić information content (AvgIpc) is 2.91. The number of H-pyrrole nitrogens is 1. The van der Waals surface area contributed by atoms with E-state index >= 15 is 0 Å². The van der Waals surface area contributed by atoms with Crippen LogP contribution in [0.2, 0.25) is 0 Å². The third-order valence-electron chi connectivity index (χ3n) is 3.28. The van der Waals surface area contributed by atoms with Crippen molar-refractivity contribution in [3.8, 4) is 5.75 Å². The maximum Gasteiger partial charge on any atom is 0.278 e. The number of ether oxygens (including phenoxy) is 1. The van der Waals surface area contributed by atoms with Crippen LogP contribution in [0.4, 0.5) is 5.69 Å². The lowest BCUT2D eigenvalue weighted by atomic mass is 10.1. The number of aryl methyl sites for hydroxylation is 1. The molecule has 2 aromatic heterocycles. The summed E-state index contributed by atoms with van der Waals surface area (Å²) in [6, 6.07) is 3.40. The van der Waals surface area contributed by atoms with Gasteiger partial charge in [-0.3, -0.25) is 14.7 Å². The Kier molecular flexibility index (Phi) is 4.63. The van der Waals surface area contributed by atoms with Crippen molar-refractivity contribution >= 4 is 17.5 Å². The third-order valence-corrected chi connectivity index (χ3v) is 3.28. The Bertz CT molecular complexity index is 752. The van der Waals surface area contributed by atoms with Crippen molar-refractivity contribution in [2.45, 2.75) is 26.7 Å². The van der Waals surface area contributed by atoms with E-state index in [9.17, 15) is 9.59 Å². The highest BCUT2D eigenvalue weighted by molar-refractivity contribution is 6.08. The first-order chi connectivity index (χ1) is 10.8. The predicted molar refractivity (Wildman–Crippen MR) is 84.7 cm³/mol. The fourth-order valence-electron chi connectivity index (χ4n) is 2.12. The maximum atomic E-state index is 12.5. The minimum Gasteiger partial charge on any atom is -0.494 e. The molecule has 0 aliphatic carbocycles. The fourth-order valence-corrected chi connectivity index (χ4v) is 2.12. The number of aromatic amines is 1. The van der Waals surface area contributed by atoms with Crippen LogP contribution in [0.5, 0.6) is 5.75 Å². The van der Waals surface area contributed by atoms with Crippen molar-refractivity contribution in [2.24, 2.45) is 5.73 Å². The zero-order valence-electron chi connectivity index (χ0n) is 13.4. The second-order valence-electron chi connectivity index (χ2n) is 5.34. The molecule has 0 saturated carbocycles. The molecular formula is C15H19N5O3. The fraction of sp³-hybridized carbons (Fsp3) is 0.333. The molecule has 0 atom stereocenters. The SMILES string of the molecule is COc1ccc(C)nc1C(=O)Nc1c(C(N)=O)n[nH]c1C(C)C. The van der Waals surface area contributed by atoms with E-state index in [-0.39, 0.29) is 23.0 Å². The second-order valence-corrected chi connectivity index (χ2v) is 5.34. The highest BCUT2D eigenvalue weighted by Crippen LogP contribution is 2.26. The summed E-state index contributed by atoms with van der Waals surface area (Å²) < 4.78 is 5.16. The Morgan fingerprint density at radius 1 is 1.30 bits per heavy atom. The van der Waals surface area contributed by atoms with E-state index in [0.717, 1.165) is 0 Å². The van der Waals surface area contributed by atoms with Crippen LogP contribution in [0.3, 0.4) is 0 Å². The van der Waals surface area contributed by atoms with Gasteiger partial charge in [0, 0.05) is 5.69 Å². The zero-order chi connectivity index (χ0) is 17.1. The van der Waals surface area contributed by atoms with Gasteiger partial charge in [0.05, 0.1) is 18.5 Å². The number of anilines is 1. The minimum atomic E-state index is -0.729. The van der Waals surface area contributed by atoms with Gasteiger partial charge >= 0.3 is 0 Å². The molecule has 0 saturated heterocycles. The number of nitrogens with zero attached hydrogens (tertiary/aromatic N) is 2.